The fourth-order valence-electron chi connectivity index (χ4n) is 2.66. The Bertz CT molecular complexity index is 366. The molecule has 1 aliphatic carbocycles. The molecule has 2 rings (SSSR count). The summed E-state index contributed by atoms with van der Waals surface area (Å²) < 4.78 is 2.03. The van der Waals surface area contributed by atoms with Crippen molar-refractivity contribution in [3.8, 4) is 0 Å². The van der Waals surface area contributed by atoms with Crippen LogP contribution in [0.25, 0.3) is 0 Å². The summed E-state index contributed by atoms with van der Waals surface area (Å²) >= 11 is 0. The number of likely N-dealkylation sites (N-methyl/N-ethyl adjacent to an activating group) is 1. The summed E-state index contributed by atoms with van der Waals surface area (Å²) in [6.45, 7) is 5.21. The minimum atomic E-state index is 0.402. The van der Waals surface area contributed by atoms with Gasteiger partial charge in [0, 0.05) is 36.9 Å². The number of hydrogen-bond donors (Lipinski definition) is 1. The zero-order valence-corrected chi connectivity index (χ0v) is 11.9. The molecule has 4 heteroatoms. The summed E-state index contributed by atoms with van der Waals surface area (Å²) in [6.07, 6.45) is 9.28. The lowest BCUT2D eigenvalue weighted by molar-refractivity contribution is 0.0598. The molecule has 0 atom stereocenters. The molecule has 0 bridgehead atoms. The highest BCUT2D eigenvalue weighted by molar-refractivity contribution is 5.04. The third-order valence-corrected chi connectivity index (χ3v) is 4.16. The first-order chi connectivity index (χ1) is 8.66. The van der Waals surface area contributed by atoms with Crippen molar-refractivity contribution in [2.24, 2.45) is 0 Å². The van der Waals surface area contributed by atoms with Crippen molar-refractivity contribution >= 4 is 0 Å². The minimum Gasteiger partial charge on any atom is -0.311 e. The van der Waals surface area contributed by atoms with E-state index in [0.717, 1.165) is 26.1 Å². The molecule has 1 fully saturated rings. The van der Waals surface area contributed by atoms with Crippen LogP contribution in [0.3, 0.4) is 0 Å². The molecule has 0 spiro atoms. The molecule has 0 unspecified atom stereocenters. The minimum absolute atomic E-state index is 0.402. The predicted octanol–water partition coefficient (Wildman–Crippen LogP) is 1.87. The maximum atomic E-state index is 4.36. The summed E-state index contributed by atoms with van der Waals surface area (Å²) in [6, 6.07) is 0. The quantitative estimate of drug-likeness (QED) is 0.802. The van der Waals surface area contributed by atoms with Crippen molar-refractivity contribution in [2.45, 2.75) is 51.2 Å². The number of hydrogen-bond acceptors (Lipinski definition) is 3. The normalized spacial score (nSPS) is 18.0. The average Bonchev–Trinajstić information content (AvgIpc) is 2.70. The maximum Gasteiger partial charge on any atom is 0.0534 e. The monoisotopic (exact) mass is 250 g/mol. The molecule has 1 N–H and O–H groups in total. The molecule has 0 aliphatic heterocycles. The van der Waals surface area contributed by atoms with E-state index in [4.69, 9.17) is 0 Å². The van der Waals surface area contributed by atoms with Gasteiger partial charge in [-0.2, -0.15) is 5.10 Å². The molecule has 0 saturated heterocycles. The van der Waals surface area contributed by atoms with Gasteiger partial charge >= 0.3 is 0 Å². The molecule has 1 heterocycles. The van der Waals surface area contributed by atoms with E-state index in [1.165, 1.54) is 24.8 Å². The van der Waals surface area contributed by atoms with Crippen molar-refractivity contribution in [1.82, 2.24) is 20.0 Å². The second-order valence-electron chi connectivity index (χ2n) is 5.69. The third kappa shape index (κ3) is 2.93. The standard InChI is InChI=1S/C14H26N4/c1-4-8-18-11-13(10-16-18)9-15-12-14(17(2)3)6-5-7-14/h10-11,15H,4-9,12H2,1-3H3. The van der Waals surface area contributed by atoms with Gasteiger partial charge in [-0.15, -0.1) is 0 Å². The van der Waals surface area contributed by atoms with Gasteiger partial charge in [0.2, 0.25) is 0 Å². The van der Waals surface area contributed by atoms with E-state index in [-0.39, 0.29) is 0 Å². The Balaban J connectivity index is 1.77. The van der Waals surface area contributed by atoms with E-state index in [1.54, 1.807) is 0 Å². The first-order valence-corrected chi connectivity index (χ1v) is 7.06. The number of aromatic nitrogens is 2. The Morgan fingerprint density at radius 2 is 2.22 bits per heavy atom. The molecular weight excluding hydrogens is 224 g/mol. The fourth-order valence-corrected chi connectivity index (χ4v) is 2.66. The van der Waals surface area contributed by atoms with Crippen LogP contribution in [-0.2, 0) is 13.1 Å². The highest BCUT2D eigenvalue weighted by Gasteiger charge is 2.38. The lowest BCUT2D eigenvalue weighted by Gasteiger charge is -2.47. The van der Waals surface area contributed by atoms with Gasteiger partial charge in [0.15, 0.2) is 0 Å². The van der Waals surface area contributed by atoms with Crippen LogP contribution in [0, 0.1) is 0 Å². The van der Waals surface area contributed by atoms with E-state index in [1.807, 2.05) is 10.9 Å². The van der Waals surface area contributed by atoms with E-state index in [9.17, 15) is 0 Å². The van der Waals surface area contributed by atoms with Crippen LogP contribution in [0.15, 0.2) is 12.4 Å². The van der Waals surface area contributed by atoms with E-state index >= 15 is 0 Å². The number of rotatable bonds is 7. The van der Waals surface area contributed by atoms with Gasteiger partial charge in [-0.3, -0.25) is 4.68 Å². The van der Waals surface area contributed by atoms with Gasteiger partial charge in [0.1, 0.15) is 0 Å². The van der Waals surface area contributed by atoms with Gasteiger partial charge < -0.3 is 10.2 Å². The smallest absolute Gasteiger partial charge is 0.0534 e. The topological polar surface area (TPSA) is 33.1 Å². The fraction of sp³-hybridized carbons (Fsp3) is 0.786. The molecule has 102 valence electrons. The van der Waals surface area contributed by atoms with Crippen LogP contribution in [0.2, 0.25) is 0 Å². The molecule has 1 saturated carbocycles. The average molecular weight is 250 g/mol. The SMILES string of the molecule is CCCn1cc(CNCC2(N(C)C)CCC2)cn1. The Hall–Kier alpha value is -0.870. The van der Waals surface area contributed by atoms with Crippen molar-refractivity contribution in [3.63, 3.8) is 0 Å². The lowest BCUT2D eigenvalue weighted by atomic mass is 9.75. The molecule has 4 nitrogen and oxygen atoms in total. The summed E-state index contributed by atoms with van der Waals surface area (Å²) in [4.78, 5) is 2.38. The van der Waals surface area contributed by atoms with E-state index in [0.29, 0.717) is 5.54 Å². The largest absolute Gasteiger partial charge is 0.311 e. The predicted molar refractivity (Wildman–Crippen MR) is 74.5 cm³/mol. The first-order valence-electron chi connectivity index (χ1n) is 7.06. The molecular formula is C14H26N4. The highest BCUT2D eigenvalue weighted by atomic mass is 15.3. The summed E-state index contributed by atoms with van der Waals surface area (Å²) in [5.74, 6) is 0. The Labute approximate surface area is 110 Å². The summed E-state index contributed by atoms with van der Waals surface area (Å²) in [7, 11) is 4.39. The van der Waals surface area contributed by atoms with Gasteiger partial charge in [-0.25, -0.2) is 0 Å². The molecule has 0 amide bonds. The summed E-state index contributed by atoms with van der Waals surface area (Å²) in [5, 5.41) is 7.94. The van der Waals surface area contributed by atoms with Crippen LogP contribution >= 0.6 is 0 Å². The van der Waals surface area contributed by atoms with Gasteiger partial charge in [-0.1, -0.05) is 6.92 Å². The van der Waals surface area contributed by atoms with Crippen LogP contribution in [0.5, 0.6) is 0 Å². The first kappa shape index (κ1) is 13.6. The zero-order valence-electron chi connectivity index (χ0n) is 11.9. The second kappa shape index (κ2) is 5.85. The Kier molecular flexibility index (Phi) is 4.40. The number of aryl methyl sites for hydroxylation is 1. The number of nitrogens with one attached hydrogen (secondary N) is 1. The molecule has 1 aromatic heterocycles. The lowest BCUT2D eigenvalue weighted by Crippen LogP contribution is -2.56. The van der Waals surface area contributed by atoms with Gasteiger partial charge in [0.25, 0.3) is 0 Å². The zero-order chi connectivity index (χ0) is 13.0. The molecule has 18 heavy (non-hydrogen) atoms. The second-order valence-corrected chi connectivity index (χ2v) is 5.69. The van der Waals surface area contributed by atoms with Crippen LogP contribution in [0.4, 0.5) is 0 Å². The van der Waals surface area contributed by atoms with Gasteiger partial charge in [0.05, 0.1) is 6.20 Å². The Morgan fingerprint density at radius 3 is 2.78 bits per heavy atom. The maximum absolute atomic E-state index is 4.36. The van der Waals surface area contributed by atoms with E-state index < -0.39 is 0 Å². The highest BCUT2D eigenvalue weighted by Crippen LogP contribution is 2.35. The number of nitrogens with zero attached hydrogens (tertiary/aromatic N) is 3. The molecule has 1 aromatic rings. The summed E-state index contributed by atoms with van der Waals surface area (Å²) in [5.41, 5.74) is 1.69. The van der Waals surface area contributed by atoms with E-state index in [2.05, 4.69) is 42.5 Å². The van der Waals surface area contributed by atoms with Crippen LogP contribution in [0.1, 0.15) is 38.2 Å². The molecule has 0 aromatic carbocycles. The molecule has 0 radical (unpaired) electrons. The van der Waals surface area contributed by atoms with Crippen molar-refractivity contribution in [2.75, 3.05) is 20.6 Å². The Morgan fingerprint density at radius 1 is 1.44 bits per heavy atom. The van der Waals surface area contributed by atoms with Crippen molar-refractivity contribution in [3.05, 3.63) is 18.0 Å². The van der Waals surface area contributed by atoms with Crippen LogP contribution in [-0.4, -0.2) is 40.9 Å². The third-order valence-electron chi connectivity index (χ3n) is 4.16. The van der Waals surface area contributed by atoms with Crippen molar-refractivity contribution < 1.29 is 0 Å². The van der Waals surface area contributed by atoms with Crippen molar-refractivity contribution in [1.29, 1.82) is 0 Å². The van der Waals surface area contributed by atoms with Gasteiger partial charge in [-0.05, 0) is 39.8 Å². The molecule has 1 aliphatic rings. The van der Waals surface area contributed by atoms with Crippen LogP contribution < -0.4 is 5.32 Å².